The summed E-state index contributed by atoms with van der Waals surface area (Å²) < 4.78 is 31.2. The van der Waals surface area contributed by atoms with Crippen LogP contribution in [0, 0.1) is 0 Å². The number of ether oxygens (including phenoxy) is 1. The van der Waals surface area contributed by atoms with Gasteiger partial charge in [-0.1, -0.05) is 42.3 Å². The molecule has 8 nitrogen and oxygen atoms in total. The Balaban J connectivity index is 2.38. The van der Waals surface area contributed by atoms with Crippen molar-refractivity contribution in [3.05, 3.63) is 58.1 Å². The number of nitrogens with one attached hydrogen (secondary N) is 1. The number of carbonyl (C=O) groups is 2. The lowest BCUT2D eigenvalue weighted by Crippen LogP contribution is -2.51. The van der Waals surface area contributed by atoms with Gasteiger partial charge in [-0.05, 0) is 49.2 Å². The second kappa shape index (κ2) is 12.3. The normalized spacial score (nSPS) is 12.1. The summed E-state index contributed by atoms with van der Waals surface area (Å²) in [7, 11) is -2.41. The molecule has 2 aromatic carbocycles. The first-order valence-corrected chi connectivity index (χ1v) is 13.2. The number of sulfonamides is 1. The molecule has 0 aliphatic heterocycles. The van der Waals surface area contributed by atoms with Gasteiger partial charge in [-0.2, -0.15) is 0 Å². The number of halogens is 2. The van der Waals surface area contributed by atoms with Gasteiger partial charge in [0.25, 0.3) is 0 Å². The largest absolute Gasteiger partial charge is 0.495 e. The summed E-state index contributed by atoms with van der Waals surface area (Å²) >= 11 is 12.1. The van der Waals surface area contributed by atoms with E-state index in [1.165, 1.54) is 30.2 Å². The Morgan fingerprint density at radius 2 is 1.76 bits per heavy atom. The Morgan fingerprint density at radius 3 is 2.29 bits per heavy atom. The molecule has 34 heavy (non-hydrogen) atoms. The summed E-state index contributed by atoms with van der Waals surface area (Å²) in [5, 5.41) is 3.52. The molecule has 0 spiro atoms. The molecule has 0 heterocycles. The molecule has 0 unspecified atom stereocenters. The number of hydrogen-bond donors (Lipinski definition) is 1. The van der Waals surface area contributed by atoms with Crippen molar-refractivity contribution in [2.24, 2.45) is 0 Å². The van der Waals surface area contributed by atoms with Crippen molar-refractivity contribution >= 4 is 50.7 Å². The fourth-order valence-electron chi connectivity index (χ4n) is 3.19. The van der Waals surface area contributed by atoms with E-state index in [4.69, 9.17) is 27.9 Å². The van der Waals surface area contributed by atoms with E-state index in [-0.39, 0.29) is 23.2 Å². The molecule has 11 heteroatoms. The van der Waals surface area contributed by atoms with Crippen molar-refractivity contribution in [1.29, 1.82) is 0 Å². The molecule has 0 aliphatic rings. The zero-order chi connectivity index (χ0) is 25.5. The Morgan fingerprint density at radius 1 is 1.12 bits per heavy atom. The maximum atomic E-state index is 13.4. The van der Waals surface area contributed by atoms with Crippen LogP contribution in [0.15, 0.2) is 42.5 Å². The molecule has 0 aromatic heterocycles. The summed E-state index contributed by atoms with van der Waals surface area (Å²) in [5.74, 6) is -0.509. The molecule has 2 amide bonds. The Bertz CT molecular complexity index is 1110. The predicted molar refractivity (Wildman–Crippen MR) is 135 cm³/mol. The number of benzene rings is 2. The fourth-order valence-corrected chi connectivity index (χ4v) is 4.41. The summed E-state index contributed by atoms with van der Waals surface area (Å²) in [4.78, 5) is 27.4. The zero-order valence-corrected chi connectivity index (χ0v) is 21.9. The number of rotatable bonds is 11. The smallest absolute Gasteiger partial charge is 0.244 e. The Hall–Kier alpha value is -2.49. The van der Waals surface area contributed by atoms with Crippen LogP contribution in [0.3, 0.4) is 0 Å². The monoisotopic (exact) mass is 529 g/mol. The molecule has 1 N–H and O–H groups in total. The third kappa shape index (κ3) is 7.51. The van der Waals surface area contributed by atoms with Gasteiger partial charge in [0.05, 0.1) is 24.1 Å². The van der Waals surface area contributed by atoms with E-state index in [0.29, 0.717) is 17.3 Å². The van der Waals surface area contributed by atoms with Crippen molar-refractivity contribution in [1.82, 2.24) is 10.2 Å². The molecule has 2 rings (SSSR count). The summed E-state index contributed by atoms with van der Waals surface area (Å²) in [6.07, 6.45) is 1.74. The first-order chi connectivity index (χ1) is 16.0. The third-order valence-corrected chi connectivity index (χ3v) is 6.77. The van der Waals surface area contributed by atoms with Crippen LogP contribution in [0.25, 0.3) is 0 Å². The second-order valence-corrected chi connectivity index (χ2v) is 10.5. The van der Waals surface area contributed by atoms with Crippen molar-refractivity contribution in [3.8, 4) is 5.75 Å². The first kappa shape index (κ1) is 27.8. The number of carbonyl (C=O) groups excluding carboxylic acids is 2. The number of nitrogens with zero attached hydrogens (tertiary/aromatic N) is 2. The van der Waals surface area contributed by atoms with Crippen LogP contribution >= 0.6 is 23.2 Å². The SMILES string of the molecule is CCCNC(=O)[C@@H](C)N(Cc1ccc(Cl)cc1)C(=O)CN(c1ccc(OC)c(Cl)c1)S(C)(=O)=O. The highest BCUT2D eigenvalue weighted by Crippen LogP contribution is 2.30. The topological polar surface area (TPSA) is 96.0 Å². The predicted octanol–water partition coefficient (Wildman–Crippen LogP) is 3.71. The average Bonchev–Trinajstić information content (AvgIpc) is 2.79. The van der Waals surface area contributed by atoms with E-state index < -0.39 is 28.5 Å². The molecular weight excluding hydrogens is 501 g/mol. The Kier molecular flexibility index (Phi) is 10.0. The lowest BCUT2D eigenvalue weighted by atomic mass is 10.1. The third-order valence-electron chi connectivity index (χ3n) is 5.09. The molecule has 0 bridgehead atoms. The average molecular weight is 530 g/mol. The van der Waals surface area contributed by atoms with E-state index in [1.807, 2.05) is 6.92 Å². The van der Waals surface area contributed by atoms with Crippen molar-refractivity contribution in [2.45, 2.75) is 32.9 Å². The highest BCUT2D eigenvalue weighted by Gasteiger charge is 2.30. The molecule has 0 fully saturated rings. The molecule has 0 saturated carbocycles. The van der Waals surface area contributed by atoms with E-state index in [9.17, 15) is 18.0 Å². The van der Waals surface area contributed by atoms with Gasteiger partial charge in [-0.25, -0.2) is 8.42 Å². The van der Waals surface area contributed by atoms with E-state index in [1.54, 1.807) is 31.2 Å². The van der Waals surface area contributed by atoms with Gasteiger partial charge in [0.2, 0.25) is 21.8 Å². The molecular formula is C23H29Cl2N3O5S. The molecule has 2 aromatic rings. The maximum absolute atomic E-state index is 13.4. The van der Waals surface area contributed by atoms with Crippen LogP contribution in [-0.4, -0.2) is 57.6 Å². The van der Waals surface area contributed by atoms with Crippen molar-refractivity contribution < 1.29 is 22.7 Å². The first-order valence-electron chi connectivity index (χ1n) is 10.6. The number of methoxy groups -OCH3 is 1. The van der Waals surface area contributed by atoms with Crippen LogP contribution in [0.5, 0.6) is 5.75 Å². The number of anilines is 1. The van der Waals surface area contributed by atoms with E-state index in [2.05, 4.69) is 5.32 Å². The molecule has 0 radical (unpaired) electrons. The summed E-state index contributed by atoms with van der Waals surface area (Å²) in [5.41, 5.74) is 0.947. The van der Waals surface area contributed by atoms with Gasteiger partial charge >= 0.3 is 0 Å². The van der Waals surface area contributed by atoms with Gasteiger partial charge in [-0.15, -0.1) is 0 Å². The zero-order valence-electron chi connectivity index (χ0n) is 19.5. The van der Waals surface area contributed by atoms with E-state index in [0.717, 1.165) is 22.5 Å². The summed E-state index contributed by atoms with van der Waals surface area (Å²) in [6, 6.07) is 10.5. The minimum absolute atomic E-state index is 0.0949. The van der Waals surface area contributed by atoms with Crippen molar-refractivity contribution in [3.63, 3.8) is 0 Å². The van der Waals surface area contributed by atoms with Gasteiger partial charge in [-0.3, -0.25) is 13.9 Å². The van der Waals surface area contributed by atoms with Crippen LogP contribution in [0.1, 0.15) is 25.8 Å². The molecule has 1 atom stereocenters. The van der Waals surface area contributed by atoms with Crippen LogP contribution in [0.4, 0.5) is 5.69 Å². The highest BCUT2D eigenvalue weighted by atomic mass is 35.5. The number of hydrogen-bond acceptors (Lipinski definition) is 5. The van der Waals surface area contributed by atoms with Crippen LogP contribution in [0.2, 0.25) is 10.0 Å². The van der Waals surface area contributed by atoms with Crippen LogP contribution < -0.4 is 14.4 Å². The molecule has 0 saturated heterocycles. The van der Waals surface area contributed by atoms with Crippen LogP contribution in [-0.2, 0) is 26.2 Å². The molecule has 0 aliphatic carbocycles. The lowest BCUT2D eigenvalue weighted by Gasteiger charge is -2.31. The van der Waals surface area contributed by atoms with Crippen molar-refractivity contribution in [2.75, 3.05) is 30.8 Å². The second-order valence-electron chi connectivity index (χ2n) is 7.70. The lowest BCUT2D eigenvalue weighted by molar-refractivity contribution is -0.139. The quantitative estimate of drug-likeness (QED) is 0.478. The minimum atomic E-state index is -3.85. The van der Waals surface area contributed by atoms with Gasteiger partial charge in [0.1, 0.15) is 18.3 Å². The van der Waals surface area contributed by atoms with E-state index >= 15 is 0 Å². The maximum Gasteiger partial charge on any atom is 0.244 e. The van der Waals surface area contributed by atoms with Gasteiger partial charge < -0.3 is 15.0 Å². The van der Waals surface area contributed by atoms with Gasteiger partial charge in [0.15, 0.2) is 0 Å². The van der Waals surface area contributed by atoms with Gasteiger partial charge in [0, 0.05) is 18.1 Å². The summed E-state index contributed by atoms with van der Waals surface area (Å²) in [6.45, 7) is 3.57. The standard InChI is InChI=1S/C23H29Cl2N3O5S/c1-5-12-26-23(30)16(2)27(14-17-6-8-18(24)9-7-17)22(29)15-28(34(4,31)32)19-10-11-21(33-3)20(25)13-19/h6-11,13,16H,5,12,14-15H2,1-4H3,(H,26,30)/t16-/m1/s1. The fraction of sp³-hybridized carbons (Fsp3) is 0.391. The minimum Gasteiger partial charge on any atom is -0.495 e. The highest BCUT2D eigenvalue weighted by molar-refractivity contribution is 7.92. The number of amides is 2. The Labute approximate surface area is 210 Å². The molecule has 186 valence electrons.